The molecule has 0 unspecified atom stereocenters. The molecule has 0 saturated heterocycles. The molecule has 1 heterocycles. The molecule has 0 fully saturated rings. The number of anilines is 1. The number of nitriles is 2. The third kappa shape index (κ3) is 3.06. The van der Waals surface area contributed by atoms with Crippen molar-refractivity contribution in [1.29, 1.82) is 10.5 Å². The van der Waals surface area contributed by atoms with E-state index in [-0.39, 0.29) is 11.3 Å². The fraction of sp³-hybridized carbons (Fsp3) is 0. The van der Waals surface area contributed by atoms with Crippen LogP contribution in [0, 0.1) is 22.7 Å². The van der Waals surface area contributed by atoms with Crippen molar-refractivity contribution in [2.45, 2.75) is 0 Å². The fourth-order valence-corrected chi connectivity index (χ4v) is 1.61. The zero-order chi connectivity index (χ0) is 15.2. The van der Waals surface area contributed by atoms with Crippen molar-refractivity contribution in [3.8, 4) is 17.8 Å². The van der Waals surface area contributed by atoms with Gasteiger partial charge >= 0.3 is 5.97 Å². The number of allylic oxidation sites excluding steroid dienone is 1. The number of hydrogen-bond donors (Lipinski definition) is 2. The summed E-state index contributed by atoms with van der Waals surface area (Å²) in [5, 5.41) is 33.0. The van der Waals surface area contributed by atoms with Gasteiger partial charge in [0, 0.05) is 12.4 Å². The lowest BCUT2D eigenvalue weighted by Crippen LogP contribution is -2.03. The largest absolute Gasteiger partial charge is 0.476 e. The predicted octanol–water partition coefficient (Wildman–Crippen LogP) is 1.91. The number of rotatable bonds is 4. The highest BCUT2D eigenvalue weighted by atomic mass is 16.4. The summed E-state index contributed by atoms with van der Waals surface area (Å²) in [5.74, 6) is -1.12. The molecule has 0 bridgehead atoms. The van der Waals surface area contributed by atoms with Crippen molar-refractivity contribution in [3.63, 3.8) is 0 Å². The standard InChI is InChI=1S/C14H9N5O2/c15-7-10(8-16)9-17-11-3-1-2-4-13(11)19-6-5-12(18-19)14(20)21/h1-6,9,17H,(H,20,21). The molecule has 1 aromatic heterocycles. The van der Waals surface area contributed by atoms with Crippen LogP contribution in [-0.4, -0.2) is 20.9 Å². The first kappa shape index (κ1) is 13.8. The van der Waals surface area contributed by atoms with Crippen LogP contribution in [0.2, 0.25) is 0 Å². The maximum absolute atomic E-state index is 10.9. The quantitative estimate of drug-likeness (QED) is 0.826. The molecule has 21 heavy (non-hydrogen) atoms. The molecule has 0 aliphatic carbocycles. The number of carboxylic acids is 1. The summed E-state index contributed by atoms with van der Waals surface area (Å²) in [7, 11) is 0. The molecule has 102 valence electrons. The van der Waals surface area contributed by atoms with Crippen molar-refractivity contribution in [2.24, 2.45) is 0 Å². The monoisotopic (exact) mass is 279 g/mol. The zero-order valence-electron chi connectivity index (χ0n) is 10.7. The molecule has 7 nitrogen and oxygen atoms in total. The summed E-state index contributed by atoms with van der Waals surface area (Å²) in [6.07, 6.45) is 2.80. The molecule has 2 N–H and O–H groups in total. The van der Waals surface area contributed by atoms with Gasteiger partial charge < -0.3 is 10.4 Å². The van der Waals surface area contributed by atoms with Crippen LogP contribution in [0.15, 0.2) is 48.3 Å². The molecule has 0 spiro atoms. The number of nitrogens with zero attached hydrogens (tertiary/aromatic N) is 4. The molecule has 0 aliphatic heterocycles. The van der Waals surface area contributed by atoms with Gasteiger partial charge in [0.2, 0.25) is 0 Å². The van der Waals surface area contributed by atoms with E-state index in [0.29, 0.717) is 11.4 Å². The number of aromatic carboxylic acids is 1. The highest BCUT2D eigenvalue weighted by Crippen LogP contribution is 2.19. The van der Waals surface area contributed by atoms with Crippen molar-refractivity contribution < 1.29 is 9.90 Å². The molecule has 0 aliphatic rings. The van der Waals surface area contributed by atoms with E-state index in [2.05, 4.69) is 10.4 Å². The van der Waals surface area contributed by atoms with Crippen LogP contribution in [0.3, 0.4) is 0 Å². The number of benzene rings is 1. The second-order valence-electron chi connectivity index (χ2n) is 3.89. The smallest absolute Gasteiger partial charge is 0.356 e. The first-order valence-electron chi connectivity index (χ1n) is 5.81. The van der Waals surface area contributed by atoms with Gasteiger partial charge in [0.1, 0.15) is 17.7 Å². The zero-order valence-corrected chi connectivity index (χ0v) is 10.7. The van der Waals surface area contributed by atoms with E-state index < -0.39 is 5.97 Å². The van der Waals surface area contributed by atoms with Gasteiger partial charge in [-0.2, -0.15) is 15.6 Å². The van der Waals surface area contributed by atoms with Crippen LogP contribution >= 0.6 is 0 Å². The van der Waals surface area contributed by atoms with Crippen molar-refractivity contribution in [3.05, 3.63) is 54.0 Å². The van der Waals surface area contributed by atoms with Gasteiger partial charge in [0.05, 0.1) is 11.4 Å². The summed E-state index contributed by atoms with van der Waals surface area (Å²) in [5.41, 5.74) is 1.03. The minimum atomic E-state index is -1.12. The van der Waals surface area contributed by atoms with E-state index in [1.807, 2.05) is 0 Å². The van der Waals surface area contributed by atoms with Crippen LogP contribution in [0.4, 0.5) is 5.69 Å². The lowest BCUT2D eigenvalue weighted by atomic mass is 10.2. The Morgan fingerprint density at radius 2 is 2.00 bits per heavy atom. The van der Waals surface area contributed by atoms with E-state index in [4.69, 9.17) is 15.6 Å². The fourth-order valence-electron chi connectivity index (χ4n) is 1.61. The van der Waals surface area contributed by atoms with Crippen LogP contribution < -0.4 is 5.32 Å². The minimum absolute atomic E-state index is 0.0727. The minimum Gasteiger partial charge on any atom is -0.476 e. The van der Waals surface area contributed by atoms with Gasteiger partial charge in [-0.25, -0.2) is 9.48 Å². The lowest BCUT2D eigenvalue weighted by molar-refractivity contribution is 0.0690. The van der Waals surface area contributed by atoms with Crippen LogP contribution in [-0.2, 0) is 0 Å². The predicted molar refractivity (Wildman–Crippen MR) is 73.5 cm³/mol. The second-order valence-corrected chi connectivity index (χ2v) is 3.89. The molecule has 2 rings (SSSR count). The number of hydrogen-bond acceptors (Lipinski definition) is 5. The Hall–Kier alpha value is -3.58. The Morgan fingerprint density at radius 3 is 2.62 bits per heavy atom. The maximum atomic E-state index is 10.9. The summed E-state index contributed by atoms with van der Waals surface area (Å²) >= 11 is 0. The van der Waals surface area contributed by atoms with E-state index >= 15 is 0 Å². The third-order valence-electron chi connectivity index (χ3n) is 2.57. The average molecular weight is 279 g/mol. The Morgan fingerprint density at radius 1 is 1.29 bits per heavy atom. The highest BCUT2D eigenvalue weighted by Gasteiger charge is 2.09. The first-order chi connectivity index (χ1) is 10.2. The molecule has 0 amide bonds. The van der Waals surface area contributed by atoms with E-state index in [1.165, 1.54) is 23.1 Å². The molecule has 0 saturated carbocycles. The third-order valence-corrected chi connectivity index (χ3v) is 2.57. The molecule has 2 aromatic rings. The van der Waals surface area contributed by atoms with Crippen LogP contribution in [0.5, 0.6) is 0 Å². The number of carboxylic acid groups (broad SMARTS) is 1. The Kier molecular flexibility index (Phi) is 3.98. The SMILES string of the molecule is N#CC(C#N)=CNc1ccccc1-n1ccc(C(=O)O)n1. The number of carbonyl (C=O) groups is 1. The first-order valence-corrected chi connectivity index (χ1v) is 5.81. The van der Waals surface area contributed by atoms with Gasteiger partial charge in [0.15, 0.2) is 5.69 Å². The van der Waals surface area contributed by atoms with E-state index in [1.54, 1.807) is 36.4 Å². The molecule has 0 radical (unpaired) electrons. The molecular weight excluding hydrogens is 270 g/mol. The molecular formula is C14H9N5O2. The molecule has 7 heteroatoms. The Labute approximate surface area is 120 Å². The maximum Gasteiger partial charge on any atom is 0.356 e. The Balaban J connectivity index is 2.37. The number of para-hydroxylation sites is 2. The summed E-state index contributed by atoms with van der Waals surface area (Å²) < 4.78 is 1.40. The van der Waals surface area contributed by atoms with Crippen LogP contribution in [0.25, 0.3) is 5.69 Å². The second kappa shape index (κ2) is 6.04. The van der Waals surface area contributed by atoms with Crippen molar-refractivity contribution in [1.82, 2.24) is 9.78 Å². The van der Waals surface area contributed by atoms with Crippen molar-refractivity contribution in [2.75, 3.05) is 5.32 Å². The topological polar surface area (TPSA) is 115 Å². The number of aromatic nitrogens is 2. The lowest BCUT2D eigenvalue weighted by Gasteiger charge is -2.08. The highest BCUT2D eigenvalue weighted by molar-refractivity contribution is 5.85. The van der Waals surface area contributed by atoms with E-state index in [0.717, 1.165) is 0 Å². The van der Waals surface area contributed by atoms with Gasteiger partial charge in [0.25, 0.3) is 0 Å². The van der Waals surface area contributed by atoms with Crippen LogP contribution in [0.1, 0.15) is 10.5 Å². The van der Waals surface area contributed by atoms with Gasteiger partial charge in [-0.05, 0) is 18.2 Å². The van der Waals surface area contributed by atoms with Crippen molar-refractivity contribution >= 4 is 11.7 Å². The van der Waals surface area contributed by atoms with Gasteiger partial charge in [-0.3, -0.25) is 0 Å². The Bertz CT molecular complexity index is 776. The summed E-state index contributed by atoms with van der Waals surface area (Å²) in [6, 6.07) is 11.8. The number of nitrogens with one attached hydrogen (secondary N) is 1. The van der Waals surface area contributed by atoms with Gasteiger partial charge in [-0.15, -0.1) is 0 Å². The summed E-state index contributed by atoms with van der Waals surface area (Å²) in [4.78, 5) is 10.9. The normalized spacial score (nSPS) is 9.24. The summed E-state index contributed by atoms with van der Waals surface area (Å²) in [6.45, 7) is 0. The van der Waals surface area contributed by atoms with E-state index in [9.17, 15) is 4.79 Å². The molecule has 1 aromatic carbocycles. The van der Waals surface area contributed by atoms with Gasteiger partial charge in [-0.1, -0.05) is 12.1 Å². The molecule has 0 atom stereocenters. The average Bonchev–Trinajstić information content (AvgIpc) is 2.98.